The predicted octanol–water partition coefficient (Wildman–Crippen LogP) is -0.432. The first kappa shape index (κ1) is 13.1. The van der Waals surface area contributed by atoms with Crippen LogP contribution in [-0.4, -0.2) is 60.5 Å². The van der Waals surface area contributed by atoms with Crippen LogP contribution in [0, 0.1) is 0 Å². The molecule has 0 fully saturated rings. The third-order valence-corrected chi connectivity index (χ3v) is 1.53. The summed E-state index contributed by atoms with van der Waals surface area (Å²) in [6.45, 7) is 5.26. The summed E-state index contributed by atoms with van der Waals surface area (Å²) < 4.78 is 5.02. The van der Waals surface area contributed by atoms with Crippen molar-refractivity contribution >= 4 is 5.97 Å². The van der Waals surface area contributed by atoms with Gasteiger partial charge in [0.15, 0.2) is 0 Å². The van der Waals surface area contributed by atoms with E-state index in [1.807, 2.05) is 0 Å². The van der Waals surface area contributed by atoms with Gasteiger partial charge in [-0.25, -0.2) is 0 Å². The van der Waals surface area contributed by atoms with E-state index in [0.717, 1.165) is 0 Å². The van der Waals surface area contributed by atoms with Crippen LogP contribution in [-0.2, 0) is 9.53 Å². The summed E-state index contributed by atoms with van der Waals surface area (Å²) in [4.78, 5) is 12.1. The Hall–Kier alpha value is -0.910. The summed E-state index contributed by atoms with van der Waals surface area (Å²) in [5, 5.41) is 17.0. The van der Waals surface area contributed by atoms with Crippen LogP contribution in [0.3, 0.4) is 0 Å². The average molecular weight is 203 g/mol. The molecule has 0 spiro atoms. The first-order chi connectivity index (χ1) is 6.70. The van der Waals surface area contributed by atoms with Gasteiger partial charge in [-0.05, 0) is 0 Å². The number of aliphatic carboxylic acids is 1. The predicted molar refractivity (Wildman–Crippen MR) is 52.2 cm³/mol. The van der Waals surface area contributed by atoms with E-state index in [1.54, 1.807) is 11.0 Å². The van der Waals surface area contributed by atoms with E-state index in [-0.39, 0.29) is 19.8 Å². The van der Waals surface area contributed by atoms with Crippen LogP contribution in [0.1, 0.15) is 0 Å². The van der Waals surface area contributed by atoms with Crippen molar-refractivity contribution in [1.29, 1.82) is 0 Å². The van der Waals surface area contributed by atoms with Gasteiger partial charge >= 0.3 is 5.97 Å². The van der Waals surface area contributed by atoms with Crippen LogP contribution in [0.15, 0.2) is 12.7 Å². The van der Waals surface area contributed by atoms with E-state index in [9.17, 15) is 4.79 Å². The molecule has 0 saturated carbocycles. The molecule has 0 aliphatic heterocycles. The summed E-state index contributed by atoms with van der Waals surface area (Å²) in [7, 11) is 0. The maximum absolute atomic E-state index is 10.4. The summed E-state index contributed by atoms with van der Waals surface area (Å²) in [5.41, 5.74) is 0. The lowest BCUT2D eigenvalue weighted by molar-refractivity contribution is -0.138. The number of hydrogen-bond acceptors (Lipinski definition) is 4. The molecule has 82 valence electrons. The quantitative estimate of drug-likeness (QED) is 0.393. The molecular formula is C9H17NO4. The highest BCUT2D eigenvalue weighted by molar-refractivity contribution is 5.69. The number of rotatable bonds is 9. The number of nitrogens with zero attached hydrogens (tertiary/aromatic N) is 1. The summed E-state index contributed by atoms with van der Waals surface area (Å²) in [5.74, 6) is -0.867. The molecule has 0 aliphatic rings. The van der Waals surface area contributed by atoms with Crippen molar-refractivity contribution in [2.75, 3.05) is 39.5 Å². The van der Waals surface area contributed by atoms with E-state index in [4.69, 9.17) is 14.9 Å². The highest BCUT2D eigenvalue weighted by atomic mass is 16.5. The molecule has 0 atom stereocenters. The number of carboxylic acid groups (broad SMARTS) is 1. The van der Waals surface area contributed by atoms with Gasteiger partial charge < -0.3 is 14.9 Å². The Balaban J connectivity index is 3.61. The second kappa shape index (κ2) is 8.68. The zero-order valence-corrected chi connectivity index (χ0v) is 8.19. The third kappa shape index (κ3) is 7.72. The molecule has 0 unspecified atom stereocenters. The normalized spacial score (nSPS) is 10.4. The van der Waals surface area contributed by atoms with Crippen LogP contribution in [0.5, 0.6) is 0 Å². The van der Waals surface area contributed by atoms with Crippen molar-refractivity contribution in [1.82, 2.24) is 4.90 Å². The Morgan fingerprint density at radius 2 is 2.21 bits per heavy atom. The SMILES string of the molecule is C=CCN(CCOCCO)CC(=O)O. The maximum atomic E-state index is 10.4. The van der Waals surface area contributed by atoms with E-state index < -0.39 is 5.97 Å². The van der Waals surface area contributed by atoms with Gasteiger partial charge in [0.2, 0.25) is 0 Å². The van der Waals surface area contributed by atoms with Crippen LogP contribution in [0.25, 0.3) is 0 Å². The number of aliphatic hydroxyl groups excluding tert-OH is 1. The number of hydrogen-bond donors (Lipinski definition) is 2. The van der Waals surface area contributed by atoms with Gasteiger partial charge in [-0.1, -0.05) is 6.08 Å². The molecule has 2 N–H and O–H groups in total. The summed E-state index contributed by atoms with van der Waals surface area (Å²) in [6.07, 6.45) is 1.65. The summed E-state index contributed by atoms with van der Waals surface area (Å²) >= 11 is 0. The van der Waals surface area contributed by atoms with Gasteiger partial charge in [0.1, 0.15) is 0 Å². The number of ether oxygens (including phenoxy) is 1. The fourth-order valence-corrected chi connectivity index (χ4v) is 0.969. The van der Waals surface area contributed by atoms with Gasteiger partial charge in [0, 0.05) is 13.1 Å². The number of carboxylic acids is 1. The minimum Gasteiger partial charge on any atom is -0.480 e. The first-order valence-electron chi connectivity index (χ1n) is 4.44. The Morgan fingerprint density at radius 3 is 2.71 bits per heavy atom. The van der Waals surface area contributed by atoms with E-state index in [1.165, 1.54) is 0 Å². The van der Waals surface area contributed by atoms with Crippen molar-refractivity contribution in [3.8, 4) is 0 Å². The minimum atomic E-state index is -0.867. The standard InChI is InChI=1S/C9H17NO4/c1-2-3-10(8-9(12)13)4-6-14-7-5-11/h2,11H,1,3-8H2,(H,12,13). The molecule has 0 aromatic carbocycles. The van der Waals surface area contributed by atoms with E-state index in [2.05, 4.69) is 6.58 Å². The molecule has 0 bridgehead atoms. The van der Waals surface area contributed by atoms with Gasteiger partial charge in [-0.15, -0.1) is 6.58 Å². The van der Waals surface area contributed by atoms with Crippen LogP contribution in [0.2, 0.25) is 0 Å². The molecule has 0 rings (SSSR count). The van der Waals surface area contributed by atoms with Crippen molar-refractivity contribution < 1.29 is 19.7 Å². The molecule has 0 aromatic heterocycles. The molecular weight excluding hydrogens is 186 g/mol. The zero-order chi connectivity index (χ0) is 10.8. The first-order valence-corrected chi connectivity index (χ1v) is 4.44. The van der Waals surface area contributed by atoms with Gasteiger partial charge in [-0.3, -0.25) is 9.69 Å². The van der Waals surface area contributed by atoms with Gasteiger partial charge in [-0.2, -0.15) is 0 Å². The van der Waals surface area contributed by atoms with Crippen LogP contribution in [0.4, 0.5) is 0 Å². The Bertz CT molecular complexity index is 172. The van der Waals surface area contributed by atoms with Crippen LogP contribution >= 0.6 is 0 Å². The summed E-state index contributed by atoms with van der Waals surface area (Å²) in [6, 6.07) is 0. The molecule has 0 amide bonds. The monoisotopic (exact) mass is 203 g/mol. The third-order valence-electron chi connectivity index (χ3n) is 1.53. The minimum absolute atomic E-state index is 0.0135. The van der Waals surface area contributed by atoms with Crippen molar-refractivity contribution in [2.24, 2.45) is 0 Å². The zero-order valence-electron chi connectivity index (χ0n) is 8.19. The molecule has 0 heterocycles. The fraction of sp³-hybridized carbons (Fsp3) is 0.667. The van der Waals surface area contributed by atoms with E-state index >= 15 is 0 Å². The Labute approximate surface area is 83.6 Å². The topological polar surface area (TPSA) is 70.0 Å². The molecule has 0 radical (unpaired) electrons. The maximum Gasteiger partial charge on any atom is 0.317 e. The Morgan fingerprint density at radius 1 is 1.50 bits per heavy atom. The lowest BCUT2D eigenvalue weighted by atomic mass is 10.4. The second-order valence-corrected chi connectivity index (χ2v) is 2.75. The Kier molecular flexibility index (Phi) is 8.11. The van der Waals surface area contributed by atoms with Gasteiger partial charge in [0.05, 0.1) is 26.4 Å². The molecule has 5 nitrogen and oxygen atoms in total. The molecule has 0 aromatic rings. The largest absolute Gasteiger partial charge is 0.480 e. The number of aliphatic hydroxyl groups is 1. The van der Waals surface area contributed by atoms with E-state index in [0.29, 0.717) is 19.7 Å². The second-order valence-electron chi connectivity index (χ2n) is 2.75. The van der Waals surface area contributed by atoms with Crippen molar-refractivity contribution in [3.63, 3.8) is 0 Å². The van der Waals surface area contributed by atoms with Crippen LogP contribution < -0.4 is 0 Å². The number of carbonyl (C=O) groups is 1. The fourth-order valence-electron chi connectivity index (χ4n) is 0.969. The molecule has 5 heteroatoms. The van der Waals surface area contributed by atoms with Crippen molar-refractivity contribution in [3.05, 3.63) is 12.7 Å². The molecule has 0 saturated heterocycles. The van der Waals surface area contributed by atoms with Gasteiger partial charge in [0.25, 0.3) is 0 Å². The highest BCUT2D eigenvalue weighted by Crippen LogP contribution is 1.89. The van der Waals surface area contributed by atoms with Crippen molar-refractivity contribution in [2.45, 2.75) is 0 Å². The molecule has 14 heavy (non-hydrogen) atoms. The average Bonchev–Trinajstić information content (AvgIpc) is 2.12. The highest BCUT2D eigenvalue weighted by Gasteiger charge is 2.06. The smallest absolute Gasteiger partial charge is 0.317 e. The lowest BCUT2D eigenvalue weighted by Gasteiger charge is -2.17. The lowest BCUT2D eigenvalue weighted by Crippen LogP contribution is -2.33. The molecule has 0 aliphatic carbocycles.